The van der Waals surface area contributed by atoms with E-state index in [2.05, 4.69) is 15.5 Å². The molecular formula is C13H5N5O2. The molecule has 0 amide bonds. The molecule has 0 aliphatic carbocycles. The summed E-state index contributed by atoms with van der Waals surface area (Å²) in [4.78, 5) is 12.1. The van der Waals surface area contributed by atoms with Gasteiger partial charge in [-0.2, -0.15) is 9.78 Å². The van der Waals surface area contributed by atoms with Crippen molar-refractivity contribution in [3.05, 3.63) is 46.3 Å². The van der Waals surface area contributed by atoms with Gasteiger partial charge in [0.2, 0.25) is 0 Å². The number of hydrogen-bond donors (Lipinski definition) is 0. The lowest BCUT2D eigenvalue weighted by Crippen LogP contribution is -2.05. The van der Waals surface area contributed by atoms with Gasteiger partial charge in [0, 0.05) is 5.39 Å². The van der Waals surface area contributed by atoms with Crippen molar-refractivity contribution in [2.75, 3.05) is 0 Å². The van der Waals surface area contributed by atoms with Crippen LogP contribution in [0.15, 0.2) is 39.5 Å². The molecule has 0 aliphatic heterocycles. The quantitative estimate of drug-likeness (QED) is 0.350. The highest BCUT2D eigenvalue weighted by atomic mass is 16.4. The van der Waals surface area contributed by atoms with Gasteiger partial charge in [0.25, 0.3) is 0 Å². The van der Waals surface area contributed by atoms with E-state index in [4.69, 9.17) is 9.68 Å². The molecule has 0 atom stereocenters. The highest BCUT2D eigenvalue weighted by molar-refractivity contribution is 6.03. The maximum absolute atomic E-state index is 12.1. The summed E-state index contributed by atoms with van der Waals surface area (Å²) in [6, 6.07) is 10.6. The van der Waals surface area contributed by atoms with Crippen LogP contribution < -0.4 is 5.63 Å². The van der Waals surface area contributed by atoms with E-state index in [1.807, 2.05) is 18.2 Å². The van der Waals surface area contributed by atoms with Crippen molar-refractivity contribution in [3.63, 3.8) is 0 Å². The lowest BCUT2D eigenvalue weighted by Gasteiger charge is -2.04. The van der Waals surface area contributed by atoms with E-state index in [1.54, 1.807) is 12.1 Å². The van der Waals surface area contributed by atoms with Crippen LogP contribution >= 0.6 is 0 Å². The minimum Gasteiger partial charge on any atom is -0.422 e. The third-order valence-corrected chi connectivity index (χ3v) is 3.15. The Hall–Kier alpha value is -3.27. The van der Waals surface area contributed by atoms with Gasteiger partial charge in [-0.25, -0.2) is 4.79 Å². The van der Waals surface area contributed by atoms with Crippen LogP contribution in [0.5, 0.6) is 0 Å². The van der Waals surface area contributed by atoms with Gasteiger partial charge in [0.1, 0.15) is 11.7 Å². The van der Waals surface area contributed by atoms with Crippen molar-refractivity contribution < 1.29 is 4.42 Å². The van der Waals surface area contributed by atoms with Crippen LogP contribution in [-0.4, -0.2) is 20.0 Å². The smallest absolute Gasteiger partial charge is 0.345 e. The van der Waals surface area contributed by atoms with Gasteiger partial charge >= 0.3 is 5.63 Å². The van der Waals surface area contributed by atoms with Crippen molar-refractivity contribution in [1.82, 2.24) is 20.0 Å². The molecule has 0 saturated heterocycles. The van der Waals surface area contributed by atoms with Crippen LogP contribution in [0.25, 0.3) is 27.5 Å². The van der Waals surface area contributed by atoms with E-state index in [1.165, 1.54) is 10.6 Å². The molecule has 0 spiro atoms. The van der Waals surface area contributed by atoms with Crippen LogP contribution in [0.1, 0.15) is 5.56 Å². The number of nitriles is 1. The zero-order chi connectivity index (χ0) is 13.7. The van der Waals surface area contributed by atoms with Gasteiger partial charge in [-0.3, -0.25) is 0 Å². The number of aromatic nitrogens is 4. The Balaban J connectivity index is 2.45. The Morgan fingerprint density at radius 3 is 2.95 bits per heavy atom. The Bertz CT molecular complexity index is 1090. The van der Waals surface area contributed by atoms with E-state index in [0.717, 1.165) is 0 Å². The van der Waals surface area contributed by atoms with Gasteiger partial charge in [0.05, 0.1) is 16.5 Å². The SMILES string of the molecule is N#Cc1cc2c(=O)oc3ccccc3c2n2nnnc12. The number of para-hydroxylation sites is 1. The number of pyridine rings is 1. The molecule has 0 bridgehead atoms. The summed E-state index contributed by atoms with van der Waals surface area (Å²) in [5.74, 6) is 0. The van der Waals surface area contributed by atoms with Crippen LogP contribution in [0.2, 0.25) is 0 Å². The zero-order valence-electron chi connectivity index (χ0n) is 9.94. The number of hydrogen-bond acceptors (Lipinski definition) is 6. The third-order valence-electron chi connectivity index (χ3n) is 3.15. The standard InChI is InChI=1S/C13H5N5O2/c14-6-7-5-9-11(18-12(7)15-16-17-18)8-3-1-2-4-10(8)20-13(9)19/h1-5H. The van der Waals surface area contributed by atoms with Gasteiger partial charge < -0.3 is 4.42 Å². The van der Waals surface area contributed by atoms with Crippen molar-refractivity contribution in [2.45, 2.75) is 0 Å². The van der Waals surface area contributed by atoms with E-state index in [9.17, 15) is 4.79 Å². The molecule has 0 fully saturated rings. The van der Waals surface area contributed by atoms with Crippen molar-refractivity contribution in [2.24, 2.45) is 0 Å². The lowest BCUT2D eigenvalue weighted by molar-refractivity contribution is 0.569. The fraction of sp³-hybridized carbons (Fsp3) is 0. The monoisotopic (exact) mass is 263 g/mol. The fourth-order valence-corrected chi connectivity index (χ4v) is 2.30. The first-order chi connectivity index (χ1) is 9.79. The topological polar surface area (TPSA) is 97.1 Å². The maximum atomic E-state index is 12.1. The lowest BCUT2D eigenvalue weighted by atomic mass is 10.1. The zero-order valence-corrected chi connectivity index (χ0v) is 9.94. The molecule has 3 aromatic heterocycles. The molecular weight excluding hydrogens is 258 g/mol. The van der Waals surface area contributed by atoms with E-state index < -0.39 is 5.63 Å². The molecule has 0 N–H and O–H groups in total. The predicted octanol–water partition coefficient (Wildman–Crippen LogP) is 1.26. The van der Waals surface area contributed by atoms with Crippen molar-refractivity contribution >= 4 is 27.5 Å². The Kier molecular flexibility index (Phi) is 1.92. The minimum absolute atomic E-state index is 0.227. The molecule has 20 heavy (non-hydrogen) atoms. The Morgan fingerprint density at radius 2 is 2.10 bits per heavy atom. The van der Waals surface area contributed by atoms with E-state index >= 15 is 0 Å². The Morgan fingerprint density at radius 1 is 1.25 bits per heavy atom. The normalized spacial score (nSPS) is 11.2. The Labute approximate surface area is 110 Å². The first-order valence-corrected chi connectivity index (χ1v) is 5.76. The summed E-state index contributed by atoms with van der Waals surface area (Å²) in [6.45, 7) is 0. The largest absolute Gasteiger partial charge is 0.422 e. The van der Waals surface area contributed by atoms with E-state index in [0.29, 0.717) is 22.1 Å². The minimum atomic E-state index is -0.521. The van der Waals surface area contributed by atoms with Crippen LogP contribution in [-0.2, 0) is 0 Å². The molecule has 0 saturated carbocycles. The average Bonchev–Trinajstić information content (AvgIpc) is 2.95. The summed E-state index contributed by atoms with van der Waals surface area (Å²) in [5.41, 5.74) is 1.01. The van der Waals surface area contributed by atoms with Gasteiger partial charge in [-0.1, -0.05) is 12.1 Å². The van der Waals surface area contributed by atoms with Crippen LogP contribution in [0.4, 0.5) is 0 Å². The molecule has 3 heterocycles. The first kappa shape index (κ1) is 10.6. The van der Waals surface area contributed by atoms with Crippen molar-refractivity contribution in [1.29, 1.82) is 5.26 Å². The summed E-state index contributed by atoms with van der Waals surface area (Å²) < 4.78 is 6.65. The maximum Gasteiger partial charge on any atom is 0.345 e. The van der Waals surface area contributed by atoms with Crippen LogP contribution in [0, 0.1) is 11.3 Å². The number of fused-ring (bicyclic) bond motifs is 5. The number of tetrazole rings is 1. The molecule has 0 radical (unpaired) electrons. The number of rotatable bonds is 0. The molecule has 0 unspecified atom stereocenters. The molecule has 7 heteroatoms. The predicted molar refractivity (Wildman–Crippen MR) is 69.0 cm³/mol. The number of nitrogens with zero attached hydrogens (tertiary/aromatic N) is 5. The number of benzene rings is 1. The second-order valence-corrected chi connectivity index (χ2v) is 4.23. The third kappa shape index (κ3) is 1.22. The summed E-state index contributed by atoms with van der Waals surface area (Å²) in [7, 11) is 0. The average molecular weight is 263 g/mol. The summed E-state index contributed by atoms with van der Waals surface area (Å²) in [6.07, 6.45) is 0. The van der Waals surface area contributed by atoms with Gasteiger partial charge in [-0.15, -0.1) is 5.10 Å². The summed E-state index contributed by atoms with van der Waals surface area (Å²) in [5, 5.41) is 21.4. The first-order valence-electron chi connectivity index (χ1n) is 5.76. The van der Waals surface area contributed by atoms with Crippen molar-refractivity contribution in [3.8, 4) is 6.07 Å². The molecule has 94 valence electrons. The molecule has 1 aromatic carbocycles. The molecule has 0 aliphatic rings. The molecule has 4 rings (SSSR count). The van der Waals surface area contributed by atoms with E-state index in [-0.39, 0.29) is 10.9 Å². The van der Waals surface area contributed by atoms with Crippen LogP contribution in [0.3, 0.4) is 0 Å². The molecule has 4 aromatic rings. The highest BCUT2D eigenvalue weighted by Gasteiger charge is 2.15. The second-order valence-electron chi connectivity index (χ2n) is 4.23. The highest BCUT2D eigenvalue weighted by Crippen LogP contribution is 2.24. The van der Waals surface area contributed by atoms with Gasteiger partial charge in [-0.05, 0) is 28.6 Å². The molecule has 7 nitrogen and oxygen atoms in total. The summed E-state index contributed by atoms with van der Waals surface area (Å²) >= 11 is 0. The fourth-order valence-electron chi connectivity index (χ4n) is 2.30. The van der Waals surface area contributed by atoms with Gasteiger partial charge in [0.15, 0.2) is 5.65 Å². The second kappa shape index (κ2) is 3.61.